The molecule has 194 valence electrons. The van der Waals surface area contributed by atoms with E-state index in [4.69, 9.17) is 0 Å². The van der Waals surface area contributed by atoms with E-state index in [1.807, 2.05) is 53.2 Å². The number of imidazole rings is 1. The van der Waals surface area contributed by atoms with Gasteiger partial charge in [0.15, 0.2) is 0 Å². The number of rotatable bonds is 5. The highest BCUT2D eigenvalue weighted by Crippen LogP contribution is 2.29. The van der Waals surface area contributed by atoms with Crippen LogP contribution in [0.3, 0.4) is 0 Å². The molecule has 1 N–H and O–H groups in total. The van der Waals surface area contributed by atoms with Gasteiger partial charge in [0.2, 0.25) is 0 Å². The second-order valence-electron chi connectivity index (χ2n) is 10.2. The molecule has 8 nitrogen and oxygen atoms in total. The molecule has 2 fully saturated rings. The highest BCUT2D eigenvalue weighted by atomic mass is 16.2. The number of nitrogens with one attached hydrogen (secondary N) is 1. The van der Waals surface area contributed by atoms with Gasteiger partial charge >= 0.3 is 11.8 Å². The molecule has 3 amide bonds. The number of pyridine rings is 1. The van der Waals surface area contributed by atoms with Crippen LogP contribution in [0.2, 0.25) is 0 Å². The van der Waals surface area contributed by atoms with Gasteiger partial charge in [-0.05, 0) is 79.8 Å². The minimum atomic E-state index is -0.349. The molecule has 1 unspecified atom stereocenters. The van der Waals surface area contributed by atoms with Gasteiger partial charge in [-0.2, -0.15) is 0 Å². The van der Waals surface area contributed by atoms with Gasteiger partial charge < -0.3 is 19.5 Å². The molecule has 0 saturated carbocycles. The molecule has 8 heteroatoms. The van der Waals surface area contributed by atoms with Gasteiger partial charge in [0.05, 0.1) is 0 Å². The van der Waals surface area contributed by atoms with Crippen LogP contribution >= 0.6 is 0 Å². The predicted octanol–water partition coefficient (Wildman–Crippen LogP) is 3.76. The Bertz CT molecular complexity index is 1260. The summed E-state index contributed by atoms with van der Waals surface area (Å²) in [6, 6.07) is 11.9. The average molecular weight is 502 g/mol. The lowest BCUT2D eigenvalue weighted by Gasteiger charge is -2.37. The average Bonchev–Trinajstić information content (AvgIpc) is 3.43. The van der Waals surface area contributed by atoms with Gasteiger partial charge in [0.25, 0.3) is 5.91 Å². The molecule has 2 aliphatic rings. The Balaban J connectivity index is 1.12. The maximum absolute atomic E-state index is 12.9. The summed E-state index contributed by atoms with van der Waals surface area (Å²) in [4.78, 5) is 46.3. The van der Waals surface area contributed by atoms with E-state index in [0.29, 0.717) is 37.7 Å². The standard InChI is InChI=1S/C29H35N5O3/c1-2-25-5-3-4-14-34(25)29(37)28(36)33-16-11-23(12-17-33)22-6-8-24(9-7-22)27(35)31-20-21-10-15-32-18-13-30-26(32)19-21/h6-10,13,15,18-19,23,25H,2-5,11-12,14,16-17,20H2,1H3,(H,31,35). The molecule has 2 aromatic heterocycles. The Morgan fingerprint density at radius 2 is 1.73 bits per heavy atom. The van der Waals surface area contributed by atoms with E-state index < -0.39 is 0 Å². The fourth-order valence-electron chi connectivity index (χ4n) is 5.62. The lowest BCUT2D eigenvalue weighted by molar-refractivity contribution is -0.154. The van der Waals surface area contributed by atoms with Crippen molar-refractivity contribution >= 4 is 23.4 Å². The van der Waals surface area contributed by atoms with Gasteiger partial charge in [-0.1, -0.05) is 19.1 Å². The number of carbonyl (C=O) groups is 3. The predicted molar refractivity (Wildman–Crippen MR) is 141 cm³/mol. The zero-order chi connectivity index (χ0) is 25.8. The number of fused-ring (bicyclic) bond motifs is 1. The summed E-state index contributed by atoms with van der Waals surface area (Å²) in [7, 11) is 0. The van der Waals surface area contributed by atoms with Gasteiger partial charge in [0.1, 0.15) is 5.65 Å². The largest absolute Gasteiger partial charge is 0.348 e. The number of hydrogen-bond donors (Lipinski definition) is 1. The van der Waals surface area contributed by atoms with Crippen LogP contribution in [0.4, 0.5) is 0 Å². The van der Waals surface area contributed by atoms with Crippen LogP contribution in [0, 0.1) is 0 Å². The number of aromatic nitrogens is 2. The highest BCUT2D eigenvalue weighted by molar-refractivity contribution is 6.35. The van der Waals surface area contributed by atoms with Crippen molar-refractivity contribution in [3.05, 3.63) is 71.7 Å². The number of piperidine rings is 2. The Kier molecular flexibility index (Phi) is 7.53. The number of nitrogens with zero attached hydrogens (tertiary/aromatic N) is 4. The monoisotopic (exact) mass is 501 g/mol. The van der Waals surface area contributed by atoms with Crippen LogP contribution in [0.25, 0.3) is 5.65 Å². The van der Waals surface area contributed by atoms with Crippen molar-refractivity contribution < 1.29 is 14.4 Å². The summed E-state index contributed by atoms with van der Waals surface area (Å²) in [6.45, 7) is 4.39. The van der Waals surface area contributed by atoms with Crippen molar-refractivity contribution in [1.82, 2.24) is 24.5 Å². The molecule has 4 heterocycles. The Hall–Kier alpha value is -3.68. The van der Waals surface area contributed by atoms with E-state index in [0.717, 1.165) is 49.7 Å². The lowest BCUT2D eigenvalue weighted by atomic mass is 9.89. The molecule has 37 heavy (non-hydrogen) atoms. The third kappa shape index (κ3) is 5.53. The van der Waals surface area contributed by atoms with Crippen molar-refractivity contribution in [2.45, 2.75) is 64.0 Å². The molecule has 0 aliphatic carbocycles. The third-order valence-corrected chi connectivity index (χ3v) is 7.88. The van der Waals surface area contributed by atoms with Crippen molar-refractivity contribution in [2.24, 2.45) is 0 Å². The first-order valence-electron chi connectivity index (χ1n) is 13.4. The Labute approximate surface area is 217 Å². The molecule has 3 aromatic rings. The van der Waals surface area contributed by atoms with E-state index in [2.05, 4.69) is 17.2 Å². The van der Waals surface area contributed by atoms with Crippen LogP contribution in [0.5, 0.6) is 0 Å². The molecular formula is C29H35N5O3. The van der Waals surface area contributed by atoms with Crippen LogP contribution in [0.15, 0.2) is 55.0 Å². The summed E-state index contributed by atoms with van der Waals surface area (Å²) in [5.74, 6) is -0.476. The Morgan fingerprint density at radius 1 is 0.946 bits per heavy atom. The number of likely N-dealkylation sites (tertiary alicyclic amines) is 2. The summed E-state index contributed by atoms with van der Waals surface area (Å²) in [6.07, 6.45) is 11.2. The van der Waals surface area contributed by atoms with E-state index in [-0.39, 0.29) is 23.8 Å². The maximum Gasteiger partial charge on any atom is 0.312 e. The molecule has 0 spiro atoms. The molecule has 0 radical (unpaired) electrons. The zero-order valence-corrected chi connectivity index (χ0v) is 21.4. The molecule has 0 bridgehead atoms. The van der Waals surface area contributed by atoms with Gasteiger partial charge in [-0.15, -0.1) is 0 Å². The van der Waals surface area contributed by atoms with Crippen molar-refractivity contribution in [3.8, 4) is 0 Å². The first kappa shape index (κ1) is 25.0. The molecule has 5 rings (SSSR count). The Morgan fingerprint density at radius 3 is 2.49 bits per heavy atom. The molecule has 2 aliphatic heterocycles. The number of benzene rings is 1. The number of carbonyl (C=O) groups excluding carboxylic acids is 3. The highest BCUT2D eigenvalue weighted by Gasteiger charge is 2.34. The molecule has 2 saturated heterocycles. The first-order chi connectivity index (χ1) is 18.0. The molecular weight excluding hydrogens is 466 g/mol. The van der Waals surface area contributed by atoms with Crippen LogP contribution in [-0.4, -0.2) is 62.6 Å². The fraction of sp³-hybridized carbons (Fsp3) is 0.448. The topological polar surface area (TPSA) is 87.0 Å². The number of amides is 3. The number of hydrogen-bond acceptors (Lipinski definition) is 4. The second kappa shape index (κ2) is 11.2. The zero-order valence-electron chi connectivity index (χ0n) is 21.4. The maximum atomic E-state index is 12.9. The van der Waals surface area contributed by atoms with E-state index in [9.17, 15) is 14.4 Å². The van der Waals surface area contributed by atoms with E-state index in [1.54, 1.807) is 16.0 Å². The second-order valence-corrected chi connectivity index (χ2v) is 10.2. The summed E-state index contributed by atoms with van der Waals surface area (Å²) < 4.78 is 1.93. The van der Waals surface area contributed by atoms with Crippen molar-refractivity contribution in [2.75, 3.05) is 19.6 Å². The normalized spacial score (nSPS) is 18.7. The van der Waals surface area contributed by atoms with Crippen LogP contribution in [0.1, 0.15) is 72.9 Å². The van der Waals surface area contributed by atoms with E-state index in [1.165, 1.54) is 5.56 Å². The van der Waals surface area contributed by atoms with Gasteiger partial charge in [0, 0.05) is 56.4 Å². The van der Waals surface area contributed by atoms with E-state index >= 15 is 0 Å². The minimum absolute atomic E-state index is 0.114. The SMILES string of the molecule is CCC1CCCCN1C(=O)C(=O)N1CCC(c2ccc(C(=O)NCc3ccn4ccnc4c3)cc2)CC1. The van der Waals surface area contributed by atoms with Gasteiger partial charge in [-0.25, -0.2) is 4.98 Å². The first-order valence-corrected chi connectivity index (χ1v) is 13.4. The van der Waals surface area contributed by atoms with Gasteiger partial charge in [-0.3, -0.25) is 14.4 Å². The third-order valence-electron chi connectivity index (χ3n) is 7.88. The molecule has 1 aromatic carbocycles. The lowest BCUT2D eigenvalue weighted by Crippen LogP contribution is -2.52. The minimum Gasteiger partial charge on any atom is -0.348 e. The van der Waals surface area contributed by atoms with Crippen molar-refractivity contribution in [1.29, 1.82) is 0 Å². The molecule has 1 atom stereocenters. The fourth-order valence-corrected chi connectivity index (χ4v) is 5.62. The summed E-state index contributed by atoms with van der Waals surface area (Å²) >= 11 is 0. The summed E-state index contributed by atoms with van der Waals surface area (Å²) in [5, 5.41) is 2.98. The van der Waals surface area contributed by atoms with Crippen molar-refractivity contribution in [3.63, 3.8) is 0 Å². The summed E-state index contributed by atoms with van der Waals surface area (Å²) in [5.41, 5.74) is 3.64. The quantitative estimate of drug-likeness (QED) is 0.540. The van der Waals surface area contributed by atoms with Crippen LogP contribution < -0.4 is 5.32 Å². The smallest absolute Gasteiger partial charge is 0.312 e. The van der Waals surface area contributed by atoms with Crippen LogP contribution in [-0.2, 0) is 16.1 Å².